The lowest BCUT2D eigenvalue weighted by Crippen LogP contribution is -2.38. The molecule has 2 N–H and O–H groups in total. The number of nitrogens with one attached hydrogen (secondary N) is 1. The highest BCUT2D eigenvalue weighted by molar-refractivity contribution is 9.10. The lowest BCUT2D eigenvalue weighted by Gasteiger charge is -2.16. The molecule has 1 aromatic carbocycles. The van der Waals surface area contributed by atoms with Crippen LogP contribution in [0.2, 0.25) is 0 Å². The molecule has 5 heteroatoms. The van der Waals surface area contributed by atoms with E-state index in [0.717, 1.165) is 9.37 Å². The lowest BCUT2D eigenvalue weighted by molar-refractivity contribution is -0.120. The Hall–Kier alpha value is -0.520. The fourth-order valence-electron chi connectivity index (χ4n) is 1.40. The van der Waals surface area contributed by atoms with Crippen LogP contribution in [0.15, 0.2) is 33.6 Å². The number of hydrogen-bond acceptors (Lipinski definition) is 3. The molecule has 1 rings (SSSR count). The van der Waals surface area contributed by atoms with E-state index in [0.29, 0.717) is 6.42 Å². The Bertz CT molecular complexity index is 383. The Morgan fingerprint density at radius 3 is 2.56 bits per heavy atom. The van der Waals surface area contributed by atoms with Gasteiger partial charge in [-0.3, -0.25) is 4.79 Å². The third-order valence-corrected chi connectivity index (χ3v) is 4.09. The molecular formula is C13H18BrNO2S. The van der Waals surface area contributed by atoms with Crippen molar-refractivity contribution < 1.29 is 9.90 Å². The topological polar surface area (TPSA) is 49.3 Å². The second-order valence-electron chi connectivity index (χ2n) is 4.14. The zero-order valence-electron chi connectivity index (χ0n) is 10.5. The van der Waals surface area contributed by atoms with Crippen molar-refractivity contribution in [3.8, 4) is 0 Å². The summed E-state index contributed by atoms with van der Waals surface area (Å²) >= 11 is 4.90. The second-order valence-corrected chi connectivity index (χ2v) is 6.47. The molecule has 1 aromatic rings. The van der Waals surface area contributed by atoms with Gasteiger partial charge in [-0.15, -0.1) is 11.8 Å². The molecule has 100 valence electrons. The number of carbonyl (C=O) groups is 1. The van der Waals surface area contributed by atoms with Crippen molar-refractivity contribution in [3.05, 3.63) is 28.7 Å². The minimum Gasteiger partial charge on any atom is -0.396 e. The van der Waals surface area contributed by atoms with E-state index in [1.165, 1.54) is 11.8 Å². The van der Waals surface area contributed by atoms with Gasteiger partial charge in [-0.1, -0.05) is 15.9 Å². The van der Waals surface area contributed by atoms with Gasteiger partial charge in [0.2, 0.25) is 5.91 Å². The van der Waals surface area contributed by atoms with Gasteiger partial charge in [0.25, 0.3) is 0 Å². The van der Waals surface area contributed by atoms with Gasteiger partial charge in [0.1, 0.15) is 0 Å². The van der Waals surface area contributed by atoms with Crippen LogP contribution in [0.3, 0.4) is 0 Å². The maximum Gasteiger partial charge on any atom is 0.233 e. The zero-order valence-corrected chi connectivity index (χ0v) is 12.9. The summed E-state index contributed by atoms with van der Waals surface area (Å²) in [5, 5.41) is 11.5. The first-order chi connectivity index (χ1) is 8.52. The van der Waals surface area contributed by atoms with E-state index in [2.05, 4.69) is 21.2 Å². The number of hydrogen-bond donors (Lipinski definition) is 2. The first-order valence-electron chi connectivity index (χ1n) is 5.86. The summed E-state index contributed by atoms with van der Waals surface area (Å²) in [6.45, 7) is 3.87. The van der Waals surface area contributed by atoms with Gasteiger partial charge in [0, 0.05) is 22.0 Å². The van der Waals surface area contributed by atoms with Crippen LogP contribution in [-0.2, 0) is 4.79 Å². The Labute approximate surface area is 120 Å². The number of carbonyl (C=O) groups excluding carboxylic acids is 1. The number of thioether (sulfide) groups is 1. The summed E-state index contributed by atoms with van der Waals surface area (Å²) in [6.07, 6.45) is 0.585. The first kappa shape index (κ1) is 15.5. The highest BCUT2D eigenvalue weighted by atomic mass is 79.9. The molecule has 0 aliphatic rings. The van der Waals surface area contributed by atoms with Crippen molar-refractivity contribution in [3.63, 3.8) is 0 Å². The molecule has 3 nitrogen and oxygen atoms in total. The fraction of sp³-hybridized carbons (Fsp3) is 0.462. The maximum absolute atomic E-state index is 11.9. The van der Waals surface area contributed by atoms with Crippen molar-refractivity contribution in [2.24, 2.45) is 0 Å². The fourth-order valence-corrected chi connectivity index (χ4v) is 2.54. The molecule has 0 radical (unpaired) electrons. The van der Waals surface area contributed by atoms with E-state index in [9.17, 15) is 4.79 Å². The Morgan fingerprint density at radius 1 is 1.39 bits per heavy atom. The van der Waals surface area contributed by atoms with Gasteiger partial charge in [-0.2, -0.15) is 0 Å². The van der Waals surface area contributed by atoms with Crippen molar-refractivity contribution >= 4 is 33.6 Å². The van der Waals surface area contributed by atoms with Crippen LogP contribution < -0.4 is 5.32 Å². The van der Waals surface area contributed by atoms with Gasteiger partial charge in [0.05, 0.1) is 5.25 Å². The van der Waals surface area contributed by atoms with Crippen LogP contribution in [0.25, 0.3) is 0 Å². The Morgan fingerprint density at radius 2 is 2.00 bits per heavy atom. The molecule has 0 heterocycles. The predicted octanol–water partition coefficient (Wildman–Crippen LogP) is 2.82. The molecule has 2 atom stereocenters. The maximum atomic E-state index is 11.9. The molecule has 1 amide bonds. The molecule has 0 saturated heterocycles. The number of amides is 1. The van der Waals surface area contributed by atoms with Gasteiger partial charge in [0.15, 0.2) is 0 Å². The molecule has 0 spiro atoms. The normalized spacial score (nSPS) is 14.0. The number of benzene rings is 1. The number of aliphatic hydroxyl groups excluding tert-OH is 1. The molecule has 0 aliphatic heterocycles. The third kappa shape index (κ3) is 5.42. The van der Waals surface area contributed by atoms with Crippen molar-refractivity contribution in [1.29, 1.82) is 0 Å². The molecular weight excluding hydrogens is 314 g/mol. The minimum absolute atomic E-state index is 0.00358. The van der Waals surface area contributed by atoms with Gasteiger partial charge in [-0.25, -0.2) is 0 Å². The molecule has 0 bridgehead atoms. The molecule has 0 aromatic heterocycles. The van der Waals surface area contributed by atoms with E-state index < -0.39 is 0 Å². The van der Waals surface area contributed by atoms with Crippen LogP contribution >= 0.6 is 27.7 Å². The van der Waals surface area contributed by atoms with Crippen LogP contribution in [0.4, 0.5) is 0 Å². The summed E-state index contributed by atoms with van der Waals surface area (Å²) < 4.78 is 1.03. The SMILES string of the molecule is CC(CCO)NC(=O)C(C)Sc1ccc(Br)cc1. The molecule has 0 aliphatic carbocycles. The lowest BCUT2D eigenvalue weighted by atomic mass is 10.2. The average Bonchev–Trinajstić information content (AvgIpc) is 2.32. The minimum atomic E-state index is -0.146. The first-order valence-corrected chi connectivity index (χ1v) is 7.53. The number of rotatable bonds is 6. The summed E-state index contributed by atoms with van der Waals surface area (Å²) in [7, 11) is 0. The van der Waals surface area contributed by atoms with Crippen LogP contribution in [-0.4, -0.2) is 28.9 Å². The molecule has 2 unspecified atom stereocenters. The summed E-state index contributed by atoms with van der Waals surface area (Å²) in [6, 6.07) is 7.89. The van der Waals surface area contributed by atoms with E-state index in [4.69, 9.17) is 5.11 Å². The molecule has 0 saturated carbocycles. The van der Waals surface area contributed by atoms with Crippen molar-refractivity contribution in [2.75, 3.05) is 6.61 Å². The smallest absolute Gasteiger partial charge is 0.233 e. The quantitative estimate of drug-likeness (QED) is 0.788. The van der Waals surface area contributed by atoms with Crippen LogP contribution in [0.5, 0.6) is 0 Å². The van der Waals surface area contributed by atoms with Crippen LogP contribution in [0.1, 0.15) is 20.3 Å². The summed E-state index contributed by atoms with van der Waals surface area (Å²) in [5.74, 6) is 0.00358. The monoisotopic (exact) mass is 331 g/mol. The standard InChI is InChI=1S/C13H18BrNO2S/c1-9(7-8-16)15-13(17)10(2)18-12-5-3-11(14)4-6-12/h3-6,9-10,16H,7-8H2,1-2H3,(H,15,17). The van der Waals surface area contributed by atoms with E-state index in [1.54, 1.807) is 0 Å². The van der Waals surface area contributed by atoms with Gasteiger partial charge >= 0.3 is 0 Å². The Kier molecular flexibility index (Phi) is 6.75. The highest BCUT2D eigenvalue weighted by Gasteiger charge is 2.16. The van der Waals surface area contributed by atoms with E-state index in [-0.39, 0.29) is 23.8 Å². The largest absolute Gasteiger partial charge is 0.396 e. The molecule has 18 heavy (non-hydrogen) atoms. The second kappa shape index (κ2) is 7.81. The van der Waals surface area contributed by atoms with E-state index in [1.807, 2.05) is 38.1 Å². The number of aliphatic hydroxyl groups is 1. The third-order valence-electron chi connectivity index (χ3n) is 2.45. The van der Waals surface area contributed by atoms with Crippen LogP contribution in [0, 0.1) is 0 Å². The molecule has 0 fully saturated rings. The van der Waals surface area contributed by atoms with E-state index >= 15 is 0 Å². The van der Waals surface area contributed by atoms with Crippen molar-refractivity contribution in [1.82, 2.24) is 5.32 Å². The Balaban J connectivity index is 2.46. The highest BCUT2D eigenvalue weighted by Crippen LogP contribution is 2.24. The van der Waals surface area contributed by atoms with Crippen molar-refractivity contribution in [2.45, 2.75) is 36.5 Å². The predicted molar refractivity (Wildman–Crippen MR) is 78.8 cm³/mol. The average molecular weight is 332 g/mol. The number of halogens is 1. The summed E-state index contributed by atoms with van der Waals surface area (Å²) in [4.78, 5) is 12.9. The summed E-state index contributed by atoms with van der Waals surface area (Å²) in [5.41, 5.74) is 0. The van der Waals surface area contributed by atoms with Gasteiger partial charge in [-0.05, 0) is 44.5 Å². The zero-order chi connectivity index (χ0) is 13.5. The van der Waals surface area contributed by atoms with Gasteiger partial charge < -0.3 is 10.4 Å².